The molecule has 0 aromatic heterocycles. The number of hydroxylamine groups is 1. The predicted molar refractivity (Wildman–Crippen MR) is 61.3 cm³/mol. The van der Waals surface area contributed by atoms with Crippen molar-refractivity contribution in [3.8, 4) is 0 Å². The van der Waals surface area contributed by atoms with Crippen LogP contribution in [0.4, 0.5) is 18.9 Å². The molecule has 1 unspecified atom stereocenters. The minimum absolute atomic E-state index is 0.00560. The van der Waals surface area contributed by atoms with Crippen LogP contribution in [-0.4, -0.2) is 6.18 Å². The van der Waals surface area contributed by atoms with Crippen molar-refractivity contribution in [3.05, 3.63) is 41.1 Å². The molecule has 1 aromatic carbocycles. The fraction of sp³-hybridized carbons (Fsp3) is 0.333. The van der Waals surface area contributed by atoms with Crippen molar-refractivity contribution in [1.29, 1.82) is 0 Å². The number of alkyl halides is 3. The molecule has 0 fully saturated rings. The third-order valence-electron chi connectivity index (χ3n) is 2.91. The highest BCUT2D eigenvalue weighted by Gasteiger charge is 2.59. The van der Waals surface area contributed by atoms with Crippen molar-refractivity contribution in [2.75, 3.05) is 5.73 Å². The molecule has 0 saturated carbocycles. The molecule has 0 amide bonds. The van der Waals surface area contributed by atoms with Gasteiger partial charge in [0.15, 0.2) is 0 Å². The minimum Gasteiger partial charge on any atom is -0.399 e. The number of nitrogens with one attached hydrogen (secondary N) is 1. The average molecular weight is 258 g/mol. The number of hydrogen-bond acceptors (Lipinski definition) is 3. The summed E-state index contributed by atoms with van der Waals surface area (Å²) in [7, 11) is 0. The van der Waals surface area contributed by atoms with Crippen LogP contribution in [0.3, 0.4) is 0 Å². The van der Waals surface area contributed by atoms with Gasteiger partial charge in [0.2, 0.25) is 5.60 Å². The minimum atomic E-state index is -4.56. The molecule has 0 aliphatic carbocycles. The van der Waals surface area contributed by atoms with E-state index in [-0.39, 0.29) is 5.56 Å². The first-order valence-electron chi connectivity index (χ1n) is 5.33. The van der Waals surface area contributed by atoms with Gasteiger partial charge in [0.25, 0.3) is 0 Å². The van der Waals surface area contributed by atoms with E-state index in [1.165, 1.54) is 25.1 Å². The van der Waals surface area contributed by atoms with Crippen molar-refractivity contribution < 1.29 is 18.0 Å². The molecule has 0 saturated heterocycles. The zero-order valence-electron chi connectivity index (χ0n) is 9.93. The summed E-state index contributed by atoms with van der Waals surface area (Å²) < 4.78 is 39.8. The van der Waals surface area contributed by atoms with Crippen molar-refractivity contribution in [1.82, 2.24) is 5.48 Å². The average Bonchev–Trinajstić information content (AvgIpc) is 2.65. The zero-order chi connectivity index (χ0) is 13.6. The molecular formula is C12H13F3N2O. The summed E-state index contributed by atoms with van der Waals surface area (Å²) in [5.74, 6) is 0. The first-order valence-corrected chi connectivity index (χ1v) is 5.33. The second-order valence-corrected chi connectivity index (χ2v) is 4.34. The standard InChI is InChI=1S/C12H13F3N2O/c1-7-5-9(3-4-10(7)16)11(12(13,14)15)6-8(2)17-18-11/h3-6,17H,16H2,1-2H3. The van der Waals surface area contributed by atoms with Crippen LogP contribution < -0.4 is 11.2 Å². The highest BCUT2D eigenvalue weighted by atomic mass is 19.4. The lowest BCUT2D eigenvalue weighted by Crippen LogP contribution is -2.42. The lowest BCUT2D eigenvalue weighted by atomic mass is 9.91. The van der Waals surface area contributed by atoms with Crippen LogP contribution in [0.2, 0.25) is 0 Å². The Balaban J connectivity index is 2.58. The van der Waals surface area contributed by atoms with Crippen molar-refractivity contribution in [3.63, 3.8) is 0 Å². The van der Waals surface area contributed by atoms with Gasteiger partial charge in [-0.15, -0.1) is 0 Å². The lowest BCUT2D eigenvalue weighted by Gasteiger charge is -2.29. The van der Waals surface area contributed by atoms with E-state index in [0.29, 0.717) is 16.9 Å². The Labute approximate surface area is 102 Å². The smallest absolute Gasteiger partial charge is 0.399 e. The summed E-state index contributed by atoms with van der Waals surface area (Å²) in [5, 5.41) is 0. The Kier molecular flexibility index (Phi) is 2.77. The van der Waals surface area contributed by atoms with Crippen LogP contribution in [0.25, 0.3) is 0 Å². The maximum Gasteiger partial charge on any atom is 0.428 e. The molecule has 0 radical (unpaired) electrons. The van der Waals surface area contributed by atoms with Gasteiger partial charge in [-0.3, -0.25) is 10.3 Å². The molecule has 1 aliphatic heterocycles. The molecule has 0 bridgehead atoms. The number of halogens is 3. The Bertz CT molecular complexity index is 511. The molecule has 0 spiro atoms. The van der Waals surface area contributed by atoms with Gasteiger partial charge in [0.1, 0.15) is 0 Å². The van der Waals surface area contributed by atoms with Gasteiger partial charge in [-0.1, -0.05) is 12.1 Å². The molecule has 6 heteroatoms. The van der Waals surface area contributed by atoms with Crippen LogP contribution in [0.5, 0.6) is 0 Å². The summed E-state index contributed by atoms with van der Waals surface area (Å²) in [6.45, 7) is 3.17. The highest BCUT2D eigenvalue weighted by molar-refractivity contribution is 5.50. The maximum atomic E-state index is 13.3. The molecule has 2 rings (SSSR count). The molecule has 1 aromatic rings. The third kappa shape index (κ3) is 1.82. The SMILES string of the molecule is CC1=CC(c2ccc(N)c(C)c2)(C(F)(F)F)ON1. The number of hydrogen-bond donors (Lipinski definition) is 2. The summed E-state index contributed by atoms with van der Waals surface area (Å²) in [5.41, 5.74) is 6.78. The van der Waals surface area contributed by atoms with Crippen LogP contribution >= 0.6 is 0 Å². The van der Waals surface area contributed by atoms with E-state index in [9.17, 15) is 13.2 Å². The summed E-state index contributed by atoms with van der Waals surface area (Å²) in [4.78, 5) is 4.79. The number of nitrogen functional groups attached to an aromatic ring is 1. The van der Waals surface area contributed by atoms with Gasteiger partial charge in [-0.2, -0.15) is 13.2 Å². The fourth-order valence-corrected chi connectivity index (χ4v) is 1.88. The molecule has 1 heterocycles. The Morgan fingerprint density at radius 3 is 2.39 bits per heavy atom. The lowest BCUT2D eigenvalue weighted by molar-refractivity contribution is -0.270. The van der Waals surface area contributed by atoms with E-state index in [1.807, 2.05) is 0 Å². The van der Waals surface area contributed by atoms with Crippen molar-refractivity contribution in [2.24, 2.45) is 0 Å². The van der Waals surface area contributed by atoms with Gasteiger partial charge in [0, 0.05) is 16.9 Å². The molecule has 3 nitrogen and oxygen atoms in total. The second kappa shape index (κ2) is 3.91. The molecule has 1 aliphatic rings. The van der Waals surface area contributed by atoms with E-state index in [2.05, 4.69) is 5.48 Å². The topological polar surface area (TPSA) is 47.3 Å². The Hall–Kier alpha value is -1.69. The molecule has 3 N–H and O–H groups in total. The van der Waals surface area contributed by atoms with E-state index in [4.69, 9.17) is 10.6 Å². The third-order valence-corrected chi connectivity index (χ3v) is 2.91. The first-order chi connectivity index (χ1) is 8.26. The number of benzene rings is 1. The van der Waals surface area contributed by atoms with Crippen LogP contribution in [0, 0.1) is 6.92 Å². The van der Waals surface area contributed by atoms with Gasteiger partial charge in [-0.25, -0.2) is 0 Å². The Morgan fingerprint density at radius 2 is 1.94 bits per heavy atom. The van der Waals surface area contributed by atoms with Crippen LogP contribution in [0.1, 0.15) is 18.1 Å². The first kappa shape index (κ1) is 12.8. The quantitative estimate of drug-likeness (QED) is 0.761. The highest BCUT2D eigenvalue weighted by Crippen LogP contribution is 2.46. The van der Waals surface area contributed by atoms with Gasteiger partial charge in [-0.05, 0) is 31.6 Å². The number of allylic oxidation sites excluding steroid dienone is 1. The van der Waals surface area contributed by atoms with Crippen molar-refractivity contribution >= 4 is 5.69 Å². The number of nitrogens with two attached hydrogens (primary N) is 1. The van der Waals surface area contributed by atoms with Gasteiger partial charge >= 0.3 is 6.18 Å². The monoisotopic (exact) mass is 258 g/mol. The second-order valence-electron chi connectivity index (χ2n) is 4.34. The van der Waals surface area contributed by atoms with Gasteiger partial charge < -0.3 is 5.73 Å². The van der Waals surface area contributed by atoms with E-state index < -0.39 is 11.8 Å². The molecule has 18 heavy (non-hydrogen) atoms. The number of aryl methyl sites for hydroxylation is 1. The number of anilines is 1. The van der Waals surface area contributed by atoms with Crippen LogP contribution in [-0.2, 0) is 10.4 Å². The molecular weight excluding hydrogens is 245 g/mol. The molecule has 98 valence electrons. The largest absolute Gasteiger partial charge is 0.428 e. The summed E-state index contributed by atoms with van der Waals surface area (Å²) >= 11 is 0. The van der Waals surface area contributed by atoms with E-state index in [0.717, 1.165) is 6.08 Å². The van der Waals surface area contributed by atoms with E-state index in [1.54, 1.807) is 6.92 Å². The summed E-state index contributed by atoms with van der Waals surface area (Å²) in [6, 6.07) is 4.16. The summed E-state index contributed by atoms with van der Waals surface area (Å²) in [6.07, 6.45) is -3.53. The normalized spacial score (nSPS) is 23.7. The Morgan fingerprint density at radius 1 is 1.28 bits per heavy atom. The predicted octanol–water partition coefficient (Wildman–Crippen LogP) is 2.77. The van der Waals surface area contributed by atoms with Crippen molar-refractivity contribution in [2.45, 2.75) is 25.6 Å². The maximum absolute atomic E-state index is 13.3. The van der Waals surface area contributed by atoms with E-state index >= 15 is 0 Å². The molecule has 1 atom stereocenters. The van der Waals surface area contributed by atoms with Gasteiger partial charge in [0.05, 0.1) is 0 Å². The van der Waals surface area contributed by atoms with Crippen LogP contribution in [0.15, 0.2) is 30.0 Å². The zero-order valence-corrected chi connectivity index (χ0v) is 9.93. The number of rotatable bonds is 1. The fourth-order valence-electron chi connectivity index (χ4n) is 1.88.